The summed E-state index contributed by atoms with van der Waals surface area (Å²) in [6, 6.07) is 12.8. The number of benzene rings is 2. The second-order valence-corrected chi connectivity index (χ2v) is 6.63. The fraction of sp³-hybridized carbons (Fsp3) is 0.0769. The number of aromatic hydroxyl groups is 1. The van der Waals surface area contributed by atoms with Crippen molar-refractivity contribution in [2.24, 2.45) is 0 Å². The van der Waals surface area contributed by atoms with Crippen molar-refractivity contribution in [2.45, 2.75) is 11.4 Å². The summed E-state index contributed by atoms with van der Waals surface area (Å²) in [5.41, 5.74) is 0.776. The van der Waals surface area contributed by atoms with Crippen LogP contribution in [-0.2, 0) is 16.6 Å². The van der Waals surface area contributed by atoms with E-state index < -0.39 is 10.0 Å². The molecule has 0 aliphatic heterocycles. The Balaban J connectivity index is 2.09. The third-order valence-corrected chi connectivity index (χ3v) is 4.47. The largest absolute Gasteiger partial charge is 0.508 e. The van der Waals surface area contributed by atoms with Crippen molar-refractivity contribution < 1.29 is 13.5 Å². The van der Waals surface area contributed by atoms with Crippen LogP contribution in [0.15, 0.2) is 57.9 Å². The molecule has 0 atom stereocenters. The van der Waals surface area contributed by atoms with E-state index in [2.05, 4.69) is 20.7 Å². The summed E-state index contributed by atoms with van der Waals surface area (Å²) in [7, 11) is -3.52. The first-order valence-corrected chi connectivity index (χ1v) is 7.78. The first-order valence-electron chi connectivity index (χ1n) is 5.50. The SMILES string of the molecule is O=S(=O)(NCc1ccc(O)cc1)c1ccc(Br)cc1. The molecule has 6 heteroatoms. The highest BCUT2D eigenvalue weighted by molar-refractivity contribution is 9.10. The molecule has 0 fully saturated rings. The van der Waals surface area contributed by atoms with Gasteiger partial charge in [-0.15, -0.1) is 0 Å². The number of hydrogen-bond acceptors (Lipinski definition) is 3. The van der Waals surface area contributed by atoms with E-state index in [4.69, 9.17) is 5.11 Å². The Bertz CT molecular complexity index is 651. The van der Waals surface area contributed by atoms with Gasteiger partial charge >= 0.3 is 0 Å². The molecular weight excluding hydrogens is 330 g/mol. The Hall–Kier alpha value is -1.37. The monoisotopic (exact) mass is 341 g/mol. The number of halogens is 1. The maximum absolute atomic E-state index is 12.0. The molecule has 0 aromatic heterocycles. The summed E-state index contributed by atoms with van der Waals surface area (Å²) in [5.74, 6) is 0.152. The van der Waals surface area contributed by atoms with Crippen LogP contribution in [0.4, 0.5) is 0 Å². The van der Waals surface area contributed by atoms with Crippen LogP contribution < -0.4 is 4.72 Å². The van der Waals surface area contributed by atoms with Gasteiger partial charge < -0.3 is 5.11 Å². The molecule has 2 aromatic rings. The van der Waals surface area contributed by atoms with E-state index in [0.29, 0.717) is 0 Å². The summed E-state index contributed by atoms with van der Waals surface area (Å²) in [6.45, 7) is 0.179. The van der Waals surface area contributed by atoms with E-state index >= 15 is 0 Å². The van der Waals surface area contributed by atoms with Gasteiger partial charge in [0.15, 0.2) is 0 Å². The van der Waals surface area contributed by atoms with Crippen molar-refractivity contribution in [3.05, 3.63) is 58.6 Å². The van der Waals surface area contributed by atoms with Gasteiger partial charge in [0, 0.05) is 11.0 Å². The Kier molecular flexibility index (Phi) is 4.24. The minimum atomic E-state index is -3.52. The normalized spacial score (nSPS) is 11.4. The quantitative estimate of drug-likeness (QED) is 0.898. The number of nitrogens with one attached hydrogen (secondary N) is 1. The molecule has 2 N–H and O–H groups in total. The minimum absolute atomic E-state index is 0.152. The molecule has 0 heterocycles. The second-order valence-electron chi connectivity index (χ2n) is 3.94. The van der Waals surface area contributed by atoms with Gasteiger partial charge in [-0.3, -0.25) is 0 Å². The zero-order chi connectivity index (χ0) is 13.9. The Labute approximate surface area is 120 Å². The van der Waals surface area contributed by atoms with Crippen LogP contribution >= 0.6 is 15.9 Å². The molecule has 0 radical (unpaired) electrons. The highest BCUT2D eigenvalue weighted by atomic mass is 79.9. The summed E-state index contributed by atoms with van der Waals surface area (Å²) in [4.78, 5) is 0.217. The first-order chi connectivity index (χ1) is 8.97. The minimum Gasteiger partial charge on any atom is -0.508 e. The lowest BCUT2D eigenvalue weighted by Crippen LogP contribution is -2.23. The van der Waals surface area contributed by atoms with Crippen LogP contribution in [0.25, 0.3) is 0 Å². The van der Waals surface area contributed by atoms with Gasteiger partial charge in [0.25, 0.3) is 0 Å². The molecule has 2 rings (SSSR count). The number of phenols is 1. The Morgan fingerprint density at radius 3 is 2.16 bits per heavy atom. The number of phenolic OH excluding ortho intramolecular Hbond substituents is 1. The number of hydrogen-bond donors (Lipinski definition) is 2. The third-order valence-electron chi connectivity index (χ3n) is 2.53. The maximum Gasteiger partial charge on any atom is 0.240 e. The molecule has 0 unspecified atom stereocenters. The van der Waals surface area contributed by atoms with E-state index in [1.54, 1.807) is 24.3 Å². The van der Waals surface area contributed by atoms with E-state index in [0.717, 1.165) is 10.0 Å². The van der Waals surface area contributed by atoms with E-state index in [9.17, 15) is 8.42 Å². The van der Waals surface area contributed by atoms with Crippen molar-refractivity contribution in [3.63, 3.8) is 0 Å². The molecule has 0 saturated carbocycles. The molecule has 0 bridgehead atoms. The highest BCUT2D eigenvalue weighted by Gasteiger charge is 2.13. The second kappa shape index (κ2) is 5.73. The molecule has 19 heavy (non-hydrogen) atoms. The molecule has 0 saturated heterocycles. The molecule has 0 aliphatic carbocycles. The van der Waals surface area contributed by atoms with Crippen LogP contribution in [0.1, 0.15) is 5.56 Å². The van der Waals surface area contributed by atoms with E-state index in [1.807, 2.05) is 0 Å². The fourth-order valence-corrected chi connectivity index (χ4v) is 2.77. The zero-order valence-corrected chi connectivity index (χ0v) is 12.3. The van der Waals surface area contributed by atoms with E-state index in [1.165, 1.54) is 24.3 Å². The molecule has 4 nitrogen and oxygen atoms in total. The molecule has 2 aromatic carbocycles. The van der Waals surface area contributed by atoms with Gasteiger partial charge in [-0.1, -0.05) is 28.1 Å². The Morgan fingerprint density at radius 1 is 1.00 bits per heavy atom. The predicted octanol–water partition coefficient (Wildman–Crippen LogP) is 2.63. The summed E-state index contributed by atoms with van der Waals surface area (Å²) in [6.07, 6.45) is 0. The van der Waals surface area contributed by atoms with Crippen molar-refractivity contribution >= 4 is 26.0 Å². The van der Waals surface area contributed by atoms with Crippen LogP contribution in [-0.4, -0.2) is 13.5 Å². The lowest BCUT2D eigenvalue weighted by molar-refractivity contribution is 0.475. The number of rotatable bonds is 4. The zero-order valence-electron chi connectivity index (χ0n) is 9.88. The summed E-state index contributed by atoms with van der Waals surface area (Å²) in [5, 5.41) is 9.15. The third kappa shape index (κ3) is 3.79. The first kappa shape index (κ1) is 14.0. The lowest BCUT2D eigenvalue weighted by Gasteiger charge is -2.07. The van der Waals surface area contributed by atoms with Crippen molar-refractivity contribution in [1.82, 2.24) is 4.72 Å². The van der Waals surface area contributed by atoms with Crippen molar-refractivity contribution in [1.29, 1.82) is 0 Å². The van der Waals surface area contributed by atoms with Crippen molar-refractivity contribution in [3.8, 4) is 5.75 Å². The van der Waals surface area contributed by atoms with Gasteiger partial charge in [-0.25, -0.2) is 13.1 Å². The summed E-state index contributed by atoms with van der Waals surface area (Å²) < 4.78 is 27.3. The van der Waals surface area contributed by atoms with Crippen LogP contribution in [0.3, 0.4) is 0 Å². The van der Waals surface area contributed by atoms with Crippen LogP contribution in [0.2, 0.25) is 0 Å². The van der Waals surface area contributed by atoms with Gasteiger partial charge in [-0.2, -0.15) is 0 Å². The standard InChI is InChI=1S/C13H12BrNO3S/c14-11-3-7-13(8-4-11)19(17,18)15-9-10-1-5-12(16)6-2-10/h1-8,15-16H,9H2. The molecule has 100 valence electrons. The number of sulfonamides is 1. The van der Waals surface area contributed by atoms with Crippen molar-refractivity contribution in [2.75, 3.05) is 0 Å². The highest BCUT2D eigenvalue weighted by Crippen LogP contribution is 2.15. The van der Waals surface area contributed by atoms with Gasteiger partial charge in [0.05, 0.1) is 4.90 Å². The van der Waals surface area contributed by atoms with Crippen LogP contribution in [0, 0.1) is 0 Å². The van der Waals surface area contributed by atoms with Gasteiger partial charge in [0.1, 0.15) is 5.75 Å². The topological polar surface area (TPSA) is 66.4 Å². The molecular formula is C13H12BrNO3S. The predicted molar refractivity (Wildman–Crippen MR) is 76.3 cm³/mol. The average molecular weight is 342 g/mol. The van der Waals surface area contributed by atoms with Crippen LogP contribution in [0.5, 0.6) is 5.75 Å². The lowest BCUT2D eigenvalue weighted by atomic mass is 10.2. The fourth-order valence-electron chi connectivity index (χ4n) is 1.49. The van der Waals surface area contributed by atoms with Gasteiger partial charge in [-0.05, 0) is 42.0 Å². The smallest absolute Gasteiger partial charge is 0.240 e. The Morgan fingerprint density at radius 2 is 1.58 bits per heavy atom. The molecule has 0 aliphatic rings. The summed E-state index contributed by atoms with van der Waals surface area (Å²) >= 11 is 3.26. The van der Waals surface area contributed by atoms with Gasteiger partial charge in [0.2, 0.25) is 10.0 Å². The molecule has 0 spiro atoms. The average Bonchev–Trinajstić information content (AvgIpc) is 2.39. The van der Waals surface area contributed by atoms with E-state index in [-0.39, 0.29) is 17.2 Å². The maximum atomic E-state index is 12.0. The molecule has 0 amide bonds.